The molecule has 0 amide bonds. The Kier molecular flexibility index (Phi) is 3.89. The van der Waals surface area contributed by atoms with Gasteiger partial charge in [0.25, 0.3) is 0 Å². The van der Waals surface area contributed by atoms with E-state index in [1.807, 2.05) is 0 Å². The molecule has 1 rings (SSSR count). The highest BCUT2D eigenvalue weighted by molar-refractivity contribution is 7.99. The van der Waals surface area contributed by atoms with Crippen molar-refractivity contribution in [1.29, 1.82) is 0 Å². The van der Waals surface area contributed by atoms with Crippen LogP contribution in [0.4, 0.5) is 0 Å². The summed E-state index contributed by atoms with van der Waals surface area (Å²) in [6, 6.07) is 1.48. The number of rotatable bonds is 5. The van der Waals surface area contributed by atoms with E-state index in [4.69, 9.17) is 9.52 Å². The average molecular weight is 200 g/mol. The highest BCUT2D eigenvalue weighted by Crippen LogP contribution is 2.24. The smallest absolute Gasteiger partial charge is 0.340 e. The van der Waals surface area contributed by atoms with Gasteiger partial charge in [-0.15, -0.1) is 0 Å². The summed E-state index contributed by atoms with van der Waals surface area (Å²) in [5.41, 5.74) is 0.265. The van der Waals surface area contributed by atoms with E-state index in [9.17, 15) is 4.79 Å². The number of hydrogen-bond donors (Lipinski definition) is 1. The Labute approximate surface area is 81.1 Å². The fourth-order valence-corrected chi connectivity index (χ4v) is 1.93. The molecule has 0 saturated heterocycles. The Morgan fingerprint density at radius 2 is 2.46 bits per heavy atom. The van der Waals surface area contributed by atoms with Gasteiger partial charge in [-0.1, -0.05) is 25.1 Å². The molecule has 1 aromatic rings. The molecular weight excluding hydrogens is 188 g/mol. The van der Waals surface area contributed by atoms with E-state index in [0.717, 1.165) is 18.6 Å². The highest BCUT2D eigenvalue weighted by atomic mass is 32.2. The van der Waals surface area contributed by atoms with Crippen LogP contribution in [0.2, 0.25) is 0 Å². The predicted octanol–water partition coefficient (Wildman–Crippen LogP) is 2.87. The molecule has 0 spiro atoms. The van der Waals surface area contributed by atoms with Crippen LogP contribution in [0.3, 0.4) is 0 Å². The lowest BCUT2D eigenvalue weighted by Crippen LogP contribution is -1.95. The van der Waals surface area contributed by atoms with Gasteiger partial charge in [0.1, 0.15) is 5.56 Å². The van der Waals surface area contributed by atoms with Gasteiger partial charge < -0.3 is 9.52 Å². The highest BCUT2D eigenvalue weighted by Gasteiger charge is 2.12. The number of carboxylic acids is 1. The number of carboxylic acid groups (broad SMARTS) is 1. The molecule has 0 saturated carbocycles. The maximum Gasteiger partial charge on any atom is 0.340 e. The molecule has 0 aromatic carbocycles. The predicted molar refractivity (Wildman–Crippen MR) is 51.3 cm³/mol. The Balaban J connectivity index is 2.55. The minimum Gasteiger partial charge on any atom is -0.478 e. The van der Waals surface area contributed by atoms with Crippen LogP contribution < -0.4 is 0 Å². The van der Waals surface area contributed by atoms with E-state index in [-0.39, 0.29) is 5.56 Å². The first-order valence-electron chi connectivity index (χ1n) is 4.19. The first kappa shape index (κ1) is 10.2. The zero-order valence-electron chi connectivity index (χ0n) is 7.45. The van der Waals surface area contributed by atoms with E-state index in [1.54, 1.807) is 0 Å². The summed E-state index contributed by atoms with van der Waals surface area (Å²) in [6.45, 7) is 2.10. The summed E-state index contributed by atoms with van der Waals surface area (Å²) in [7, 11) is 0. The van der Waals surface area contributed by atoms with Gasteiger partial charge in [0.15, 0.2) is 5.09 Å². The number of hydrogen-bond acceptors (Lipinski definition) is 3. The lowest BCUT2D eigenvalue weighted by Gasteiger charge is -1.96. The third-order valence-corrected chi connectivity index (χ3v) is 2.66. The van der Waals surface area contributed by atoms with Crippen LogP contribution in [0, 0.1) is 0 Å². The first-order chi connectivity index (χ1) is 6.25. The standard InChI is InChI=1S/C9H12O3S/c1-2-3-6-13-9-7(8(10)11)4-5-12-9/h4-5H,2-3,6H2,1H3,(H,10,11). The lowest BCUT2D eigenvalue weighted by molar-refractivity contribution is 0.0690. The van der Waals surface area contributed by atoms with Crippen LogP contribution in [0.5, 0.6) is 0 Å². The van der Waals surface area contributed by atoms with Crippen LogP contribution in [-0.4, -0.2) is 16.8 Å². The molecule has 1 heterocycles. The fraction of sp³-hybridized carbons (Fsp3) is 0.444. The van der Waals surface area contributed by atoms with Crippen LogP contribution in [0.1, 0.15) is 30.1 Å². The SMILES string of the molecule is CCCCSc1occc1C(=O)O. The number of carbonyl (C=O) groups is 1. The third kappa shape index (κ3) is 2.81. The molecule has 72 valence electrons. The molecule has 0 aliphatic rings. The van der Waals surface area contributed by atoms with E-state index in [2.05, 4.69) is 6.92 Å². The minimum atomic E-state index is -0.923. The normalized spacial score (nSPS) is 10.2. The minimum absolute atomic E-state index is 0.265. The van der Waals surface area contributed by atoms with E-state index >= 15 is 0 Å². The quantitative estimate of drug-likeness (QED) is 0.586. The van der Waals surface area contributed by atoms with E-state index in [0.29, 0.717) is 5.09 Å². The molecule has 3 nitrogen and oxygen atoms in total. The Bertz CT molecular complexity index is 280. The zero-order chi connectivity index (χ0) is 9.68. The van der Waals surface area contributed by atoms with Gasteiger partial charge in [-0.25, -0.2) is 4.79 Å². The summed E-state index contributed by atoms with van der Waals surface area (Å²) >= 11 is 1.46. The molecule has 0 fully saturated rings. The Hall–Kier alpha value is -0.900. The zero-order valence-corrected chi connectivity index (χ0v) is 8.26. The summed E-state index contributed by atoms with van der Waals surface area (Å²) in [5.74, 6) is -0.0163. The van der Waals surface area contributed by atoms with Gasteiger partial charge in [0, 0.05) is 5.75 Å². The topological polar surface area (TPSA) is 50.4 Å². The second kappa shape index (κ2) is 4.97. The van der Waals surface area contributed by atoms with Crippen LogP contribution in [-0.2, 0) is 0 Å². The number of thioether (sulfide) groups is 1. The van der Waals surface area contributed by atoms with Gasteiger partial charge in [0.2, 0.25) is 0 Å². The molecular formula is C9H12O3S. The number of unbranched alkanes of at least 4 members (excludes halogenated alkanes) is 1. The monoisotopic (exact) mass is 200 g/mol. The summed E-state index contributed by atoms with van der Waals surface area (Å²) in [4.78, 5) is 10.6. The summed E-state index contributed by atoms with van der Waals surface area (Å²) < 4.78 is 5.05. The fourth-order valence-electron chi connectivity index (χ4n) is 0.875. The molecule has 0 radical (unpaired) electrons. The molecule has 0 aliphatic carbocycles. The van der Waals surface area contributed by atoms with Crippen molar-refractivity contribution in [1.82, 2.24) is 0 Å². The molecule has 0 unspecified atom stereocenters. The maximum atomic E-state index is 10.6. The van der Waals surface area contributed by atoms with Crippen molar-refractivity contribution in [3.8, 4) is 0 Å². The van der Waals surface area contributed by atoms with Crippen molar-refractivity contribution in [2.45, 2.75) is 24.9 Å². The summed E-state index contributed by atoms with van der Waals surface area (Å²) in [6.07, 6.45) is 3.60. The maximum absolute atomic E-state index is 10.6. The average Bonchev–Trinajstić information content (AvgIpc) is 2.53. The van der Waals surface area contributed by atoms with Gasteiger partial charge in [-0.3, -0.25) is 0 Å². The molecule has 0 atom stereocenters. The lowest BCUT2D eigenvalue weighted by atomic mass is 10.3. The Morgan fingerprint density at radius 1 is 1.69 bits per heavy atom. The number of aromatic carboxylic acids is 1. The molecule has 0 aliphatic heterocycles. The van der Waals surface area contributed by atoms with E-state index < -0.39 is 5.97 Å². The van der Waals surface area contributed by atoms with Crippen molar-refractivity contribution in [3.63, 3.8) is 0 Å². The van der Waals surface area contributed by atoms with Crippen molar-refractivity contribution < 1.29 is 14.3 Å². The van der Waals surface area contributed by atoms with Crippen LogP contribution in [0.15, 0.2) is 21.8 Å². The molecule has 4 heteroatoms. The van der Waals surface area contributed by atoms with Crippen LogP contribution in [0.25, 0.3) is 0 Å². The molecule has 13 heavy (non-hydrogen) atoms. The summed E-state index contributed by atoms with van der Waals surface area (Å²) in [5, 5.41) is 9.25. The molecule has 1 N–H and O–H groups in total. The van der Waals surface area contributed by atoms with Gasteiger partial charge in [0.05, 0.1) is 6.26 Å². The van der Waals surface area contributed by atoms with Crippen molar-refractivity contribution >= 4 is 17.7 Å². The first-order valence-corrected chi connectivity index (χ1v) is 5.18. The van der Waals surface area contributed by atoms with Crippen molar-refractivity contribution in [2.75, 3.05) is 5.75 Å². The van der Waals surface area contributed by atoms with Gasteiger partial charge >= 0.3 is 5.97 Å². The number of furan rings is 1. The molecule has 1 aromatic heterocycles. The second-order valence-electron chi connectivity index (χ2n) is 2.63. The Morgan fingerprint density at radius 3 is 3.08 bits per heavy atom. The molecule has 0 bridgehead atoms. The largest absolute Gasteiger partial charge is 0.478 e. The second-order valence-corrected chi connectivity index (χ2v) is 3.70. The van der Waals surface area contributed by atoms with Gasteiger partial charge in [-0.2, -0.15) is 0 Å². The third-order valence-electron chi connectivity index (χ3n) is 1.59. The van der Waals surface area contributed by atoms with Crippen molar-refractivity contribution in [2.24, 2.45) is 0 Å². The van der Waals surface area contributed by atoms with Crippen molar-refractivity contribution in [3.05, 3.63) is 17.9 Å². The van der Waals surface area contributed by atoms with Crippen LogP contribution >= 0.6 is 11.8 Å². The van der Waals surface area contributed by atoms with Gasteiger partial charge in [-0.05, 0) is 12.5 Å². The van der Waals surface area contributed by atoms with E-state index in [1.165, 1.54) is 24.1 Å².